The first-order valence-corrected chi connectivity index (χ1v) is 11.2. The number of urea groups is 1. The molecule has 0 aliphatic rings. The Bertz CT molecular complexity index is 937. The van der Waals surface area contributed by atoms with Gasteiger partial charge in [-0.05, 0) is 69.5 Å². The van der Waals surface area contributed by atoms with Crippen molar-refractivity contribution in [2.24, 2.45) is 5.92 Å². The van der Waals surface area contributed by atoms with Crippen molar-refractivity contribution in [3.63, 3.8) is 0 Å². The van der Waals surface area contributed by atoms with E-state index in [0.29, 0.717) is 23.7 Å². The highest BCUT2D eigenvalue weighted by Crippen LogP contribution is 2.27. The Morgan fingerprint density at radius 2 is 1.66 bits per heavy atom. The molecule has 0 aromatic heterocycles. The van der Waals surface area contributed by atoms with Gasteiger partial charge in [-0.25, -0.2) is 4.79 Å². The molecule has 6 heteroatoms. The summed E-state index contributed by atoms with van der Waals surface area (Å²) in [4.78, 5) is 29.7. The molecule has 2 aromatic rings. The monoisotopic (exact) mass is 438 g/mol. The van der Waals surface area contributed by atoms with Gasteiger partial charge < -0.3 is 20.4 Å². The predicted octanol–water partition coefficient (Wildman–Crippen LogP) is 5.28. The van der Waals surface area contributed by atoms with Crippen LogP contribution in [-0.4, -0.2) is 43.0 Å². The lowest BCUT2D eigenvalue weighted by Crippen LogP contribution is -2.41. The molecule has 2 N–H and O–H groups in total. The van der Waals surface area contributed by atoms with Crippen molar-refractivity contribution < 1.29 is 9.59 Å². The van der Waals surface area contributed by atoms with E-state index < -0.39 is 0 Å². The predicted molar refractivity (Wildman–Crippen MR) is 133 cm³/mol. The summed E-state index contributed by atoms with van der Waals surface area (Å²) >= 11 is 0. The summed E-state index contributed by atoms with van der Waals surface area (Å²) in [7, 11) is 3.96. The van der Waals surface area contributed by atoms with Crippen LogP contribution in [0.15, 0.2) is 42.5 Å². The molecule has 0 saturated heterocycles. The maximum Gasteiger partial charge on any atom is 0.319 e. The van der Waals surface area contributed by atoms with Gasteiger partial charge in [-0.3, -0.25) is 4.79 Å². The van der Waals surface area contributed by atoms with Crippen LogP contribution in [0.4, 0.5) is 16.2 Å². The molecule has 0 aliphatic heterocycles. The standard InChI is InChI=1S/C26H38N4O2/c1-17(2)20(6)30(25(31)21-11-9-10-19(5)14-21)16-22-15-23(12-13-24(22)29(7)8)28-26(32)27-18(3)4/h9-15,17-18,20H,16H2,1-8H3,(H2,27,28,32). The SMILES string of the molecule is Cc1cccc(C(=O)N(Cc2cc(NC(=O)NC(C)C)ccc2N(C)C)C(C)C(C)C)c1. The van der Waals surface area contributed by atoms with E-state index in [1.807, 2.05) is 87.1 Å². The van der Waals surface area contributed by atoms with Crippen LogP contribution in [0.25, 0.3) is 0 Å². The second-order valence-corrected chi connectivity index (χ2v) is 9.28. The van der Waals surface area contributed by atoms with Crippen LogP contribution in [0.1, 0.15) is 56.1 Å². The molecule has 0 aliphatic carbocycles. The van der Waals surface area contributed by atoms with Gasteiger partial charge in [0.05, 0.1) is 0 Å². The number of hydrogen-bond acceptors (Lipinski definition) is 3. The highest BCUT2D eigenvalue weighted by Gasteiger charge is 2.25. The minimum Gasteiger partial charge on any atom is -0.377 e. The number of nitrogens with one attached hydrogen (secondary N) is 2. The van der Waals surface area contributed by atoms with Crippen molar-refractivity contribution in [1.82, 2.24) is 10.2 Å². The summed E-state index contributed by atoms with van der Waals surface area (Å²) in [5.41, 5.74) is 4.44. The Morgan fingerprint density at radius 3 is 2.22 bits per heavy atom. The fourth-order valence-electron chi connectivity index (χ4n) is 3.54. The highest BCUT2D eigenvalue weighted by molar-refractivity contribution is 5.95. The average Bonchev–Trinajstić information content (AvgIpc) is 2.70. The molecule has 0 saturated carbocycles. The van der Waals surface area contributed by atoms with E-state index in [1.54, 1.807) is 0 Å². The van der Waals surface area contributed by atoms with Crippen molar-refractivity contribution in [2.75, 3.05) is 24.3 Å². The Balaban J connectivity index is 2.42. The second kappa shape index (κ2) is 11.0. The summed E-state index contributed by atoms with van der Waals surface area (Å²) in [6.45, 7) is 12.6. The van der Waals surface area contributed by atoms with Crippen molar-refractivity contribution in [3.8, 4) is 0 Å². The van der Waals surface area contributed by atoms with Crippen LogP contribution in [-0.2, 0) is 6.54 Å². The minimum atomic E-state index is -0.244. The lowest BCUT2D eigenvalue weighted by Gasteiger charge is -2.33. The number of aryl methyl sites for hydroxylation is 1. The van der Waals surface area contributed by atoms with Gasteiger partial charge in [-0.15, -0.1) is 0 Å². The molecular formula is C26H38N4O2. The molecule has 0 radical (unpaired) electrons. The molecule has 6 nitrogen and oxygen atoms in total. The van der Waals surface area contributed by atoms with Crippen LogP contribution in [0.2, 0.25) is 0 Å². The molecule has 3 amide bonds. The first kappa shape index (κ1) is 25.2. The molecule has 1 unspecified atom stereocenters. The topological polar surface area (TPSA) is 64.7 Å². The van der Waals surface area contributed by atoms with E-state index in [-0.39, 0.29) is 24.0 Å². The summed E-state index contributed by atoms with van der Waals surface area (Å²) in [5.74, 6) is 0.306. The molecule has 0 bridgehead atoms. The molecule has 0 fully saturated rings. The molecule has 32 heavy (non-hydrogen) atoms. The van der Waals surface area contributed by atoms with Gasteiger partial charge in [0.25, 0.3) is 5.91 Å². The number of benzene rings is 2. The summed E-state index contributed by atoms with van der Waals surface area (Å²) < 4.78 is 0. The van der Waals surface area contributed by atoms with Crippen LogP contribution in [0.3, 0.4) is 0 Å². The van der Waals surface area contributed by atoms with Gasteiger partial charge in [-0.1, -0.05) is 31.5 Å². The lowest BCUT2D eigenvalue weighted by molar-refractivity contribution is 0.0628. The van der Waals surface area contributed by atoms with E-state index in [1.165, 1.54) is 0 Å². The van der Waals surface area contributed by atoms with E-state index in [4.69, 9.17) is 0 Å². The van der Waals surface area contributed by atoms with Gasteiger partial charge in [-0.2, -0.15) is 0 Å². The van der Waals surface area contributed by atoms with Crippen molar-refractivity contribution in [3.05, 3.63) is 59.2 Å². The van der Waals surface area contributed by atoms with Crippen molar-refractivity contribution in [1.29, 1.82) is 0 Å². The molecule has 0 spiro atoms. The number of carbonyl (C=O) groups is 2. The van der Waals surface area contributed by atoms with Crippen LogP contribution in [0, 0.1) is 12.8 Å². The molecule has 0 heterocycles. The smallest absolute Gasteiger partial charge is 0.319 e. The number of nitrogens with zero attached hydrogens (tertiary/aromatic N) is 2. The van der Waals surface area contributed by atoms with E-state index in [9.17, 15) is 9.59 Å². The normalized spacial score (nSPS) is 11.9. The van der Waals surface area contributed by atoms with Crippen LogP contribution < -0.4 is 15.5 Å². The van der Waals surface area contributed by atoms with Gasteiger partial charge in [0.2, 0.25) is 0 Å². The molecule has 2 aromatic carbocycles. The zero-order chi connectivity index (χ0) is 24.0. The Morgan fingerprint density at radius 1 is 0.969 bits per heavy atom. The molecule has 2 rings (SSSR count). The number of rotatable bonds is 8. The third-order valence-electron chi connectivity index (χ3n) is 5.56. The lowest BCUT2D eigenvalue weighted by atomic mass is 10.0. The first-order chi connectivity index (χ1) is 15.0. The van der Waals surface area contributed by atoms with E-state index in [2.05, 4.69) is 31.4 Å². The quantitative estimate of drug-likeness (QED) is 0.589. The van der Waals surface area contributed by atoms with Gasteiger partial charge in [0.15, 0.2) is 0 Å². The third kappa shape index (κ3) is 6.74. The van der Waals surface area contributed by atoms with Crippen LogP contribution in [0.5, 0.6) is 0 Å². The summed E-state index contributed by atoms with van der Waals surface area (Å²) in [6.07, 6.45) is 0. The Kier molecular flexibility index (Phi) is 8.70. The van der Waals surface area contributed by atoms with Gasteiger partial charge in [0.1, 0.15) is 0 Å². The average molecular weight is 439 g/mol. The molecular weight excluding hydrogens is 400 g/mol. The largest absolute Gasteiger partial charge is 0.377 e. The third-order valence-corrected chi connectivity index (χ3v) is 5.56. The van der Waals surface area contributed by atoms with Gasteiger partial charge in [0, 0.05) is 49.7 Å². The van der Waals surface area contributed by atoms with Crippen molar-refractivity contribution in [2.45, 2.75) is 60.2 Å². The zero-order valence-corrected chi connectivity index (χ0v) is 20.7. The fourth-order valence-corrected chi connectivity index (χ4v) is 3.54. The van der Waals surface area contributed by atoms with Crippen molar-refractivity contribution >= 4 is 23.3 Å². The maximum atomic E-state index is 13.5. The minimum absolute atomic E-state index is 0.00974. The van der Waals surface area contributed by atoms with Crippen LogP contribution >= 0.6 is 0 Å². The Hall–Kier alpha value is -3.02. The molecule has 174 valence electrons. The number of hydrogen-bond donors (Lipinski definition) is 2. The fraction of sp³-hybridized carbons (Fsp3) is 0.462. The molecule has 1 atom stereocenters. The number of anilines is 2. The zero-order valence-electron chi connectivity index (χ0n) is 20.7. The second-order valence-electron chi connectivity index (χ2n) is 9.28. The van der Waals surface area contributed by atoms with E-state index >= 15 is 0 Å². The summed E-state index contributed by atoms with van der Waals surface area (Å²) in [5, 5.41) is 5.74. The Labute approximate surface area is 193 Å². The van der Waals surface area contributed by atoms with E-state index in [0.717, 1.165) is 16.8 Å². The first-order valence-electron chi connectivity index (χ1n) is 11.2. The number of amides is 3. The summed E-state index contributed by atoms with van der Waals surface area (Å²) in [6, 6.07) is 13.4. The maximum absolute atomic E-state index is 13.5. The van der Waals surface area contributed by atoms with Gasteiger partial charge >= 0.3 is 6.03 Å². The highest BCUT2D eigenvalue weighted by atomic mass is 16.2. The number of carbonyl (C=O) groups excluding carboxylic acids is 2.